The molecule has 0 aromatic heterocycles. The third kappa shape index (κ3) is 2.16. The average Bonchev–Trinajstić information content (AvgIpc) is 3.37. The van der Waals surface area contributed by atoms with E-state index in [9.17, 15) is 19.7 Å². The van der Waals surface area contributed by atoms with E-state index in [1.807, 2.05) is 4.90 Å². The van der Waals surface area contributed by atoms with Gasteiger partial charge in [0.05, 0.1) is 19.1 Å². The molecule has 3 atom stereocenters. The maximum Gasteiger partial charge on any atom is 0.237 e. The lowest BCUT2D eigenvalue weighted by Crippen LogP contribution is -2.56. The number of ketones is 2. The third-order valence-electron chi connectivity index (χ3n) is 6.77. The van der Waals surface area contributed by atoms with Gasteiger partial charge < -0.3 is 4.74 Å². The summed E-state index contributed by atoms with van der Waals surface area (Å²) >= 11 is 0. The van der Waals surface area contributed by atoms with Crippen molar-refractivity contribution >= 4 is 11.6 Å². The fourth-order valence-corrected chi connectivity index (χ4v) is 5.68. The van der Waals surface area contributed by atoms with Gasteiger partial charge in [0.15, 0.2) is 17.1 Å². The quantitative estimate of drug-likeness (QED) is 0.453. The maximum atomic E-state index is 13.7. The fraction of sp³-hybridized carbons (Fsp3) is 0.364. The first-order chi connectivity index (χ1) is 14.0. The van der Waals surface area contributed by atoms with Crippen LogP contribution in [0.1, 0.15) is 45.0 Å². The van der Waals surface area contributed by atoms with Crippen molar-refractivity contribution in [2.24, 2.45) is 0 Å². The second-order valence-corrected chi connectivity index (χ2v) is 7.90. The van der Waals surface area contributed by atoms with Crippen molar-refractivity contribution in [3.8, 4) is 5.75 Å². The summed E-state index contributed by atoms with van der Waals surface area (Å²) in [6.45, 7) is 0.507. The van der Waals surface area contributed by atoms with E-state index in [0.717, 1.165) is 6.42 Å². The molecule has 3 aliphatic rings. The minimum absolute atomic E-state index is 0.295. The predicted molar refractivity (Wildman–Crippen MR) is 104 cm³/mol. The molecule has 0 unspecified atom stereocenters. The van der Waals surface area contributed by atoms with Gasteiger partial charge in [-0.1, -0.05) is 36.4 Å². The Kier molecular flexibility index (Phi) is 3.86. The largest absolute Gasteiger partial charge is 0.497 e. The maximum absolute atomic E-state index is 13.7. The van der Waals surface area contributed by atoms with E-state index < -0.39 is 23.5 Å². The molecule has 29 heavy (non-hydrogen) atoms. The second kappa shape index (κ2) is 6.22. The van der Waals surface area contributed by atoms with Crippen molar-refractivity contribution < 1.29 is 19.2 Å². The molecule has 2 saturated heterocycles. The van der Waals surface area contributed by atoms with Crippen LogP contribution in [-0.2, 0) is 0 Å². The molecule has 0 saturated carbocycles. The molecule has 0 bridgehead atoms. The number of carbonyl (C=O) groups excluding carboxylic acids is 2. The molecule has 0 N–H and O–H groups in total. The van der Waals surface area contributed by atoms with E-state index in [4.69, 9.17) is 4.74 Å². The summed E-state index contributed by atoms with van der Waals surface area (Å²) in [5.74, 6) is -0.849. The Morgan fingerprint density at radius 1 is 1.07 bits per heavy atom. The van der Waals surface area contributed by atoms with Gasteiger partial charge in [-0.15, -0.1) is 0 Å². The molecule has 2 aromatic rings. The molecule has 2 aliphatic heterocycles. The minimum Gasteiger partial charge on any atom is -0.497 e. The monoisotopic (exact) mass is 392 g/mol. The first-order valence-corrected chi connectivity index (χ1v) is 9.74. The topological polar surface area (TPSA) is 89.8 Å². The zero-order chi connectivity index (χ0) is 20.3. The summed E-state index contributed by atoms with van der Waals surface area (Å²) in [6, 6.07) is 12.2. The lowest BCUT2D eigenvalue weighted by molar-refractivity contribution is -0.527. The Hall–Kier alpha value is -3.06. The number of benzene rings is 2. The number of nitro groups is 1. The van der Waals surface area contributed by atoms with E-state index in [2.05, 4.69) is 0 Å². The number of Topliss-reactive ketones (excluding diaryl/α,β-unsaturated/α-hetero) is 2. The Labute approximate surface area is 167 Å². The van der Waals surface area contributed by atoms with Crippen LogP contribution < -0.4 is 4.74 Å². The zero-order valence-corrected chi connectivity index (χ0v) is 15.9. The van der Waals surface area contributed by atoms with Crippen molar-refractivity contribution in [1.82, 2.24) is 4.90 Å². The van der Waals surface area contributed by atoms with Gasteiger partial charge in [0, 0.05) is 22.6 Å². The lowest BCUT2D eigenvalue weighted by atomic mass is 9.73. The Bertz CT molecular complexity index is 997. The highest BCUT2D eigenvalue weighted by molar-refractivity contribution is 6.33. The molecule has 5 rings (SSSR count). The highest BCUT2D eigenvalue weighted by Gasteiger charge is 2.74. The zero-order valence-electron chi connectivity index (χ0n) is 15.9. The second-order valence-electron chi connectivity index (χ2n) is 7.90. The summed E-state index contributed by atoms with van der Waals surface area (Å²) in [5.41, 5.74) is -0.190. The number of carbonyl (C=O) groups is 2. The van der Waals surface area contributed by atoms with Crippen LogP contribution in [0.2, 0.25) is 0 Å². The van der Waals surface area contributed by atoms with Gasteiger partial charge in [0.25, 0.3) is 0 Å². The van der Waals surface area contributed by atoms with Crippen LogP contribution in [0.5, 0.6) is 5.75 Å². The SMILES string of the molecule is COc1ccc([C@@H]2[C@@H]([N+](=O)[O-])[C@H]3CCCN3C23C(=O)c2ccccc2C3=O)cc1. The van der Waals surface area contributed by atoms with Crippen LogP contribution in [0, 0.1) is 10.1 Å². The average molecular weight is 392 g/mol. The van der Waals surface area contributed by atoms with Crippen LogP contribution >= 0.6 is 0 Å². The summed E-state index contributed by atoms with van der Waals surface area (Å²) in [6.07, 6.45) is 1.35. The van der Waals surface area contributed by atoms with Gasteiger partial charge in [-0.05, 0) is 30.5 Å². The molecule has 148 valence electrons. The van der Waals surface area contributed by atoms with Crippen molar-refractivity contribution in [2.45, 2.75) is 36.4 Å². The smallest absolute Gasteiger partial charge is 0.237 e. The van der Waals surface area contributed by atoms with Crippen molar-refractivity contribution in [3.05, 3.63) is 75.3 Å². The van der Waals surface area contributed by atoms with Gasteiger partial charge in [0.2, 0.25) is 6.04 Å². The number of hydrogen-bond donors (Lipinski definition) is 0. The Balaban J connectivity index is 1.76. The summed E-state index contributed by atoms with van der Waals surface area (Å²) in [4.78, 5) is 41.2. The Morgan fingerprint density at radius 3 is 2.24 bits per heavy atom. The Morgan fingerprint density at radius 2 is 1.69 bits per heavy atom. The van der Waals surface area contributed by atoms with Crippen molar-refractivity contribution in [2.75, 3.05) is 13.7 Å². The number of ether oxygens (including phenoxy) is 1. The predicted octanol–water partition coefficient (Wildman–Crippen LogP) is 2.72. The van der Waals surface area contributed by atoms with Crippen molar-refractivity contribution in [3.63, 3.8) is 0 Å². The molecular weight excluding hydrogens is 372 g/mol. The van der Waals surface area contributed by atoms with E-state index in [-0.39, 0.29) is 16.5 Å². The first kappa shape index (κ1) is 18.0. The highest BCUT2D eigenvalue weighted by atomic mass is 16.6. The number of methoxy groups -OCH3 is 1. The van der Waals surface area contributed by atoms with Crippen LogP contribution in [-0.4, -0.2) is 52.7 Å². The summed E-state index contributed by atoms with van der Waals surface area (Å²) < 4.78 is 5.21. The van der Waals surface area contributed by atoms with E-state index in [0.29, 0.717) is 35.4 Å². The standard InChI is InChI=1S/C22H20N2O5/c1-29-14-10-8-13(9-11-14)18-19(24(27)28)17-7-4-12-23(17)22(18)20(25)15-5-2-3-6-16(15)21(22)26/h2-3,5-6,8-11,17-19H,4,7,12H2,1H3/t17-,18-,19+/m1/s1. The van der Waals surface area contributed by atoms with Crippen LogP contribution in [0.25, 0.3) is 0 Å². The van der Waals surface area contributed by atoms with Gasteiger partial charge >= 0.3 is 0 Å². The summed E-state index contributed by atoms with van der Waals surface area (Å²) in [5, 5.41) is 12.2. The van der Waals surface area contributed by atoms with E-state index in [1.54, 1.807) is 55.6 Å². The van der Waals surface area contributed by atoms with Gasteiger partial charge in [-0.2, -0.15) is 0 Å². The summed E-state index contributed by atoms with van der Waals surface area (Å²) in [7, 11) is 1.54. The van der Waals surface area contributed by atoms with Gasteiger partial charge in [0.1, 0.15) is 5.75 Å². The molecule has 7 nitrogen and oxygen atoms in total. The number of nitrogens with zero attached hydrogens (tertiary/aromatic N) is 2. The molecule has 1 aliphatic carbocycles. The minimum atomic E-state index is -1.54. The molecule has 7 heteroatoms. The molecule has 2 aromatic carbocycles. The fourth-order valence-electron chi connectivity index (χ4n) is 5.68. The normalized spacial score (nSPS) is 27.3. The van der Waals surface area contributed by atoms with Crippen LogP contribution in [0.3, 0.4) is 0 Å². The molecule has 0 radical (unpaired) electrons. The number of rotatable bonds is 3. The van der Waals surface area contributed by atoms with Crippen LogP contribution in [0.15, 0.2) is 48.5 Å². The van der Waals surface area contributed by atoms with Crippen LogP contribution in [0.4, 0.5) is 0 Å². The molecule has 1 spiro atoms. The first-order valence-electron chi connectivity index (χ1n) is 9.74. The third-order valence-corrected chi connectivity index (χ3v) is 6.77. The number of hydrogen-bond acceptors (Lipinski definition) is 6. The molecule has 2 heterocycles. The van der Waals surface area contributed by atoms with Gasteiger partial charge in [-0.25, -0.2) is 0 Å². The highest BCUT2D eigenvalue weighted by Crippen LogP contribution is 2.55. The van der Waals surface area contributed by atoms with Gasteiger partial charge in [-0.3, -0.25) is 24.6 Å². The van der Waals surface area contributed by atoms with E-state index in [1.165, 1.54) is 0 Å². The number of fused-ring (bicyclic) bond motifs is 3. The molecular formula is C22H20N2O5. The molecule has 2 fully saturated rings. The van der Waals surface area contributed by atoms with Crippen molar-refractivity contribution in [1.29, 1.82) is 0 Å². The van der Waals surface area contributed by atoms with E-state index >= 15 is 0 Å². The lowest BCUT2D eigenvalue weighted by Gasteiger charge is -2.34. The molecule has 0 amide bonds.